The second-order valence-electron chi connectivity index (χ2n) is 5.59. The van der Waals surface area contributed by atoms with E-state index >= 15 is 0 Å². The summed E-state index contributed by atoms with van der Waals surface area (Å²) in [6, 6.07) is 3.11. The lowest BCUT2D eigenvalue weighted by molar-refractivity contribution is 0.0283. The van der Waals surface area contributed by atoms with Crippen LogP contribution in [-0.4, -0.2) is 54.3 Å². The van der Waals surface area contributed by atoms with E-state index in [1.165, 1.54) is 4.90 Å². The number of amides is 2. The zero-order valence-electron chi connectivity index (χ0n) is 11.9. The number of carbonyl (C=O) groups excluding carboxylic acids is 2. The Morgan fingerprint density at radius 3 is 2.77 bits per heavy atom. The van der Waals surface area contributed by atoms with E-state index in [1.807, 2.05) is 0 Å². The minimum absolute atomic E-state index is 0.00404. The number of fused-ring (bicyclic) bond motifs is 3. The molecule has 3 aliphatic rings. The van der Waals surface area contributed by atoms with E-state index in [9.17, 15) is 14.0 Å². The molecular formula is C15H15FN2O4. The molecule has 0 radical (unpaired) electrons. The molecule has 2 amide bonds. The molecule has 3 heterocycles. The van der Waals surface area contributed by atoms with E-state index in [0.29, 0.717) is 29.2 Å². The van der Waals surface area contributed by atoms with Crippen LogP contribution >= 0.6 is 0 Å². The van der Waals surface area contributed by atoms with Gasteiger partial charge in [-0.1, -0.05) is 0 Å². The van der Waals surface area contributed by atoms with Crippen molar-refractivity contribution in [3.8, 4) is 11.5 Å². The summed E-state index contributed by atoms with van der Waals surface area (Å²) in [5.41, 5.74) is 0.737. The molecule has 1 aromatic rings. The van der Waals surface area contributed by atoms with Crippen LogP contribution in [0.15, 0.2) is 12.1 Å². The number of ether oxygens (including phenoxy) is 2. The first-order chi connectivity index (χ1) is 10.7. The van der Waals surface area contributed by atoms with Gasteiger partial charge in [-0.2, -0.15) is 0 Å². The third-order valence-corrected chi connectivity index (χ3v) is 4.28. The maximum Gasteiger partial charge on any atom is 0.260 e. The highest BCUT2D eigenvalue weighted by Crippen LogP contribution is 2.38. The van der Waals surface area contributed by atoms with Gasteiger partial charge in [0.2, 0.25) is 0 Å². The lowest BCUT2D eigenvalue weighted by atomic mass is 10.0. The highest BCUT2D eigenvalue weighted by atomic mass is 19.1. The summed E-state index contributed by atoms with van der Waals surface area (Å²) < 4.78 is 23.8. The van der Waals surface area contributed by atoms with Crippen LogP contribution in [0.2, 0.25) is 0 Å². The first-order valence-electron chi connectivity index (χ1n) is 7.33. The molecule has 1 atom stereocenters. The molecule has 22 heavy (non-hydrogen) atoms. The molecular weight excluding hydrogens is 291 g/mol. The Kier molecular flexibility index (Phi) is 2.95. The normalized spacial score (nSPS) is 22.7. The molecule has 3 aliphatic heterocycles. The summed E-state index contributed by atoms with van der Waals surface area (Å²) in [7, 11) is 0. The Balaban J connectivity index is 1.74. The van der Waals surface area contributed by atoms with Crippen LogP contribution in [0.25, 0.3) is 0 Å². The van der Waals surface area contributed by atoms with Crippen LogP contribution in [0.5, 0.6) is 11.5 Å². The van der Waals surface area contributed by atoms with Gasteiger partial charge in [-0.05, 0) is 18.6 Å². The molecule has 0 aromatic heterocycles. The van der Waals surface area contributed by atoms with E-state index < -0.39 is 6.67 Å². The number of carbonyl (C=O) groups is 2. The molecule has 1 fully saturated rings. The Labute approximate surface area is 126 Å². The third-order valence-electron chi connectivity index (χ3n) is 4.28. The molecule has 1 aromatic carbocycles. The average Bonchev–Trinajstić information content (AvgIpc) is 2.98. The minimum Gasteiger partial charge on any atom is -0.472 e. The molecule has 1 unspecified atom stereocenters. The predicted molar refractivity (Wildman–Crippen MR) is 73.6 cm³/mol. The summed E-state index contributed by atoms with van der Waals surface area (Å²) in [4.78, 5) is 27.8. The molecule has 6 nitrogen and oxygen atoms in total. The summed E-state index contributed by atoms with van der Waals surface area (Å²) in [5.74, 6) is 0.375. The highest BCUT2D eigenvalue weighted by Gasteiger charge is 2.39. The molecule has 116 valence electrons. The molecule has 1 saturated heterocycles. The fourth-order valence-corrected chi connectivity index (χ4v) is 3.15. The predicted octanol–water partition coefficient (Wildman–Crippen LogP) is 1.40. The average molecular weight is 306 g/mol. The van der Waals surface area contributed by atoms with Gasteiger partial charge < -0.3 is 19.3 Å². The van der Waals surface area contributed by atoms with Crippen molar-refractivity contribution in [1.29, 1.82) is 0 Å². The monoisotopic (exact) mass is 306 g/mol. The standard InChI is InChI=1S/C15H15FN2O4/c16-3-5-17-8-21-11-6-10-12(7-9(11)14(17)19)22-13-2-1-4-18(13)15(10)20/h6-7,13H,1-5,8H2. The fourth-order valence-electron chi connectivity index (χ4n) is 3.15. The number of benzene rings is 1. The van der Waals surface area contributed by atoms with Crippen LogP contribution in [-0.2, 0) is 0 Å². The van der Waals surface area contributed by atoms with E-state index in [-0.39, 0.29) is 31.3 Å². The minimum atomic E-state index is -0.624. The molecule has 4 rings (SSSR count). The zero-order chi connectivity index (χ0) is 15.3. The van der Waals surface area contributed by atoms with E-state index in [4.69, 9.17) is 9.47 Å². The molecule has 0 N–H and O–H groups in total. The summed E-state index contributed by atoms with van der Waals surface area (Å²) >= 11 is 0. The van der Waals surface area contributed by atoms with Crippen molar-refractivity contribution < 1.29 is 23.5 Å². The number of hydrogen-bond acceptors (Lipinski definition) is 4. The molecule has 7 heteroatoms. The van der Waals surface area contributed by atoms with Gasteiger partial charge in [-0.25, -0.2) is 4.39 Å². The third kappa shape index (κ3) is 1.84. The van der Waals surface area contributed by atoms with Gasteiger partial charge in [0.15, 0.2) is 13.0 Å². The number of halogens is 1. The number of nitrogens with zero attached hydrogens (tertiary/aromatic N) is 2. The Hall–Kier alpha value is -2.31. The summed E-state index contributed by atoms with van der Waals surface area (Å²) in [6.07, 6.45) is 1.45. The quantitative estimate of drug-likeness (QED) is 0.829. The topological polar surface area (TPSA) is 59.1 Å². The number of hydrogen-bond donors (Lipinski definition) is 0. The van der Waals surface area contributed by atoms with Crippen molar-refractivity contribution >= 4 is 11.8 Å². The van der Waals surface area contributed by atoms with E-state index in [0.717, 1.165) is 12.8 Å². The SMILES string of the molecule is O=C1c2cc3c(cc2OCN1CCF)C(=O)N1CCCC1O3. The smallest absolute Gasteiger partial charge is 0.260 e. The molecule has 0 saturated carbocycles. The largest absolute Gasteiger partial charge is 0.472 e. The highest BCUT2D eigenvalue weighted by molar-refractivity contribution is 6.03. The van der Waals surface area contributed by atoms with Crippen LogP contribution < -0.4 is 9.47 Å². The van der Waals surface area contributed by atoms with Crippen molar-refractivity contribution in [2.45, 2.75) is 19.1 Å². The zero-order valence-corrected chi connectivity index (χ0v) is 11.9. The lowest BCUT2D eigenvalue weighted by Crippen LogP contribution is -2.44. The molecule has 0 bridgehead atoms. The van der Waals surface area contributed by atoms with Gasteiger partial charge in [-0.3, -0.25) is 9.59 Å². The Bertz CT molecular complexity index is 663. The van der Waals surface area contributed by atoms with Gasteiger partial charge in [0, 0.05) is 13.0 Å². The second kappa shape index (κ2) is 4.86. The van der Waals surface area contributed by atoms with Crippen LogP contribution in [0.4, 0.5) is 4.39 Å². The summed E-state index contributed by atoms with van der Waals surface area (Å²) in [6.45, 7) is 0.0486. The van der Waals surface area contributed by atoms with Gasteiger partial charge in [0.05, 0.1) is 17.7 Å². The molecule has 0 spiro atoms. The maximum absolute atomic E-state index is 12.5. The van der Waals surface area contributed by atoms with Crippen molar-refractivity contribution in [3.63, 3.8) is 0 Å². The van der Waals surface area contributed by atoms with Crippen molar-refractivity contribution in [1.82, 2.24) is 9.80 Å². The van der Waals surface area contributed by atoms with Crippen molar-refractivity contribution in [3.05, 3.63) is 23.3 Å². The van der Waals surface area contributed by atoms with Crippen LogP contribution in [0, 0.1) is 0 Å². The fraction of sp³-hybridized carbons (Fsp3) is 0.467. The van der Waals surface area contributed by atoms with E-state index in [2.05, 4.69) is 0 Å². The Morgan fingerprint density at radius 1 is 1.18 bits per heavy atom. The van der Waals surface area contributed by atoms with E-state index in [1.54, 1.807) is 17.0 Å². The van der Waals surface area contributed by atoms with Crippen LogP contribution in [0.3, 0.4) is 0 Å². The lowest BCUT2D eigenvalue weighted by Gasteiger charge is -2.34. The number of rotatable bonds is 2. The Morgan fingerprint density at radius 2 is 1.95 bits per heavy atom. The first-order valence-corrected chi connectivity index (χ1v) is 7.33. The van der Waals surface area contributed by atoms with Crippen molar-refractivity contribution in [2.75, 3.05) is 26.5 Å². The second-order valence-corrected chi connectivity index (χ2v) is 5.59. The maximum atomic E-state index is 12.5. The first kappa shape index (κ1) is 13.4. The summed E-state index contributed by atoms with van der Waals surface area (Å²) in [5, 5.41) is 0. The number of alkyl halides is 1. The van der Waals surface area contributed by atoms with Gasteiger partial charge in [0.25, 0.3) is 11.8 Å². The molecule has 0 aliphatic carbocycles. The van der Waals surface area contributed by atoms with Crippen molar-refractivity contribution in [2.24, 2.45) is 0 Å². The van der Waals surface area contributed by atoms with Crippen LogP contribution in [0.1, 0.15) is 33.6 Å². The van der Waals surface area contributed by atoms with Gasteiger partial charge >= 0.3 is 0 Å². The van der Waals surface area contributed by atoms with Gasteiger partial charge in [0.1, 0.15) is 18.2 Å². The van der Waals surface area contributed by atoms with Gasteiger partial charge in [-0.15, -0.1) is 0 Å².